The number of hydrogen-bond donors (Lipinski definition) is 1. The van der Waals surface area contributed by atoms with Gasteiger partial charge >= 0.3 is 11.9 Å². The molecule has 1 aliphatic carbocycles. The van der Waals surface area contributed by atoms with Crippen molar-refractivity contribution in [2.45, 2.75) is 81.4 Å². The number of carbonyl (C=O) groups excluding carboxylic acids is 4. The fourth-order valence-electron chi connectivity index (χ4n) is 11.8. The fraction of sp³-hybridized carbons (Fsp3) is 0.301. The lowest BCUT2D eigenvalue weighted by molar-refractivity contribution is -0.149. The highest BCUT2D eigenvalue weighted by Gasteiger charge is 2.28. The van der Waals surface area contributed by atoms with E-state index < -0.39 is 18.0 Å². The molecule has 0 saturated heterocycles. The van der Waals surface area contributed by atoms with Crippen molar-refractivity contribution in [2.24, 2.45) is 17.0 Å². The molecule has 3 atom stereocenters. The van der Waals surface area contributed by atoms with E-state index in [9.17, 15) is 19.2 Å². The van der Waals surface area contributed by atoms with Crippen molar-refractivity contribution in [1.29, 1.82) is 0 Å². The molecule has 0 spiro atoms. The number of aromatic nitrogens is 2. The summed E-state index contributed by atoms with van der Waals surface area (Å²) in [5, 5.41) is 8.04. The van der Waals surface area contributed by atoms with Gasteiger partial charge in [0, 0.05) is 87.2 Å². The number of hydroxylamine groups is 1. The zero-order chi connectivity index (χ0) is 62.7. The second-order valence-electron chi connectivity index (χ2n) is 21.8. The van der Waals surface area contributed by atoms with Crippen LogP contribution in [0.1, 0.15) is 116 Å². The van der Waals surface area contributed by atoms with E-state index in [-0.39, 0.29) is 63.0 Å². The second kappa shape index (κ2) is 28.7. The summed E-state index contributed by atoms with van der Waals surface area (Å²) >= 11 is 0. The van der Waals surface area contributed by atoms with E-state index in [1.807, 2.05) is 106 Å². The predicted octanol–water partition coefficient (Wildman–Crippen LogP) is 14.2. The molecule has 7 aromatic carbocycles. The van der Waals surface area contributed by atoms with Gasteiger partial charge in [-0.1, -0.05) is 85.8 Å². The van der Waals surface area contributed by atoms with E-state index in [1.54, 1.807) is 36.4 Å². The van der Waals surface area contributed by atoms with Gasteiger partial charge in [0.15, 0.2) is 0 Å². The van der Waals surface area contributed by atoms with Gasteiger partial charge in [-0.2, -0.15) is 0 Å². The Morgan fingerprint density at radius 2 is 1.01 bits per heavy atom. The molecule has 0 aliphatic heterocycles. The van der Waals surface area contributed by atoms with Gasteiger partial charge in [0.2, 0.25) is 11.6 Å². The van der Waals surface area contributed by atoms with Crippen molar-refractivity contribution in [2.75, 3.05) is 52.9 Å². The Labute approximate surface area is 518 Å². The number of nitrogens with one attached hydrogen (secondary N) is 1. The molecule has 89 heavy (non-hydrogen) atoms. The molecule has 3 unspecified atom stereocenters. The fourth-order valence-corrected chi connectivity index (χ4v) is 11.8. The van der Waals surface area contributed by atoms with Crippen molar-refractivity contribution in [3.63, 3.8) is 0 Å². The van der Waals surface area contributed by atoms with Crippen LogP contribution in [0.5, 0.6) is 23.0 Å². The number of oxime groups is 1. The van der Waals surface area contributed by atoms with E-state index in [4.69, 9.17) is 38.1 Å². The summed E-state index contributed by atoms with van der Waals surface area (Å²) in [6.45, 7) is 20.3. The maximum atomic E-state index is 14.8. The number of ketones is 2. The SMILES string of the molecule is CCOc1cccc(OCCOCCOCCOc2cccc(OCC)c2C(=O)c2ccc3c(c2)c2cc(C(NOC(C)=O)c4ccccc4C)ccc2n3CC)c1C(=O)c1ccc2c(c1)c1cc(/C(=N/OC(C)=O)C3=CC=CC(C)C3C)ccc1n2CC. The largest absolute Gasteiger partial charge is 0.493 e. The Kier molecular flexibility index (Phi) is 20.2. The van der Waals surface area contributed by atoms with Crippen molar-refractivity contribution in [3.8, 4) is 23.0 Å². The van der Waals surface area contributed by atoms with Crippen molar-refractivity contribution in [1.82, 2.24) is 14.6 Å². The van der Waals surface area contributed by atoms with Gasteiger partial charge in [0.1, 0.15) is 53.1 Å². The molecule has 1 aliphatic rings. The van der Waals surface area contributed by atoms with E-state index in [0.29, 0.717) is 77.3 Å². The quantitative estimate of drug-likeness (QED) is 0.0161. The number of allylic oxidation sites excluding steroid dienone is 4. The zero-order valence-corrected chi connectivity index (χ0v) is 52.0. The highest BCUT2D eigenvalue weighted by Crippen LogP contribution is 2.39. The van der Waals surface area contributed by atoms with Crippen molar-refractivity contribution < 1.29 is 57.3 Å². The maximum absolute atomic E-state index is 14.8. The normalized spacial score (nSPS) is 14.5. The molecule has 2 aromatic heterocycles. The number of aryl methyl sites for hydroxylation is 3. The summed E-state index contributed by atoms with van der Waals surface area (Å²) in [5.74, 6) is 0.456. The molecule has 0 radical (unpaired) electrons. The minimum atomic E-state index is -0.508. The van der Waals surface area contributed by atoms with Crippen LogP contribution in [0.3, 0.4) is 0 Å². The number of nitrogens with zero attached hydrogens (tertiary/aromatic N) is 3. The Balaban J connectivity index is 0.784. The van der Waals surface area contributed by atoms with Gasteiger partial charge in [-0.05, 0) is 154 Å². The minimum absolute atomic E-state index is 0.125. The molecule has 16 nitrogen and oxygen atoms in total. The molecule has 0 saturated carbocycles. The summed E-state index contributed by atoms with van der Waals surface area (Å²) in [7, 11) is 0. The maximum Gasteiger partial charge on any atom is 0.332 e. The summed E-state index contributed by atoms with van der Waals surface area (Å²) in [4.78, 5) is 64.2. The van der Waals surface area contributed by atoms with Crippen molar-refractivity contribution >= 4 is 72.8 Å². The number of ether oxygens (including phenoxy) is 6. The summed E-state index contributed by atoms with van der Waals surface area (Å²) in [6, 6.07) is 42.0. The first-order valence-corrected chi connectivity index (χ1v) is 30.5. The van der Waals surface area contributed by atoms with E-state index in [1.165, 1.54) is 13.8 Å². The Morgan fingerprint density at radius 3 is 1.51 bits per heavy atom. The average Bonchev–Trinajstić information content (AvgIpc) is 1.67. The molecular formula is C73H76N4O12. The summed E-state index contributed by atoms with van der Waals surface area (Å²) in [6.07, 6.45) is 6.19. The Morgan fingerprint density at radius 1 is 0.539 bits per heavy atom. The number of hydrogen-bond acceptors (Lipinski definition) is 14. The van der Waals surface area contributed by atoms with Crippen LogP contribution in [0.2, 0.25) is 0 Å². The Hall–Kier alpha value is -9.35. The topological polar surface area (TPSA) is 176 Å². The van der Waals surface area contributed by atoms with Gasteiger partial charge in [0.25, 0.3) is 0 Å². The predicted molar refractivity (Wildman–Crippen MR) is 347 cm³/mol. The summed E-state index contributed by atoms with van der Waals surface area (Å²) < 4.78 is 40.9. The molecule has 460 valence electrons. The third-order valence-electron chi connectivity index (χ3n) is 16.2. The first-order chi connectivity index (χ1) is 43.2. The third kappa shape index (κ3) is 13.6. The lowest BCUT2D eigenvalue weighted by Gasteiger charge is -2.24. The molecule has 9 aromatic rings. The molecule has 0 fully saturated rings. The van der Waals surface area contributed by atoms with Crippen LogP contribution < -0.4 is 24.4 Å². The lowest BCUT2D eigenvalue weighted by Crippen LogP contribution is -2.25. The highest BCUT2D eigenvalue weighted by atomic mass is 16.7. The highest BCUT2D eigenvalue weighted by molar-refractivity contribution is 6.20. The van der Waals surface area contributed by atoms with Gasteiger partial charge in [0.05, 0.1) is 45.7 Å². The second-order valence-corrected chi connectivity index (χ2v) is 21.8. The van der Waals surface area contributed by atoms with Crippen LogP contribution in [0.15, 0.2) is 162 Å². The average molecular weight is 1200 g/mol. The minimum Gasteiger partial charge on any atom is -0.493 e. The van der Waals surface area contributed by atoms with E-state index in [2.05, 4.69) is 77.8 Å². The van der Waals surface area contributed by atoms with Gasteiger partial charge < -0.3 is 47.2 Å². The molecule has 0 bridgehead atoms. The standard InChI is InChI=1S/C73H76N4O12/c1-10-76-60-31-27-50(70(74-88-48(8)78)54-21-15-14-19-46(54)6)41-56(60)58-43-52(29-33-62(58)76)72(80)68-64(84-12-3)23-17-25-66(68)86-39-37-82-35-36-83-38-40-87-67-26-18-24-65(85-13-4)69(67)73(81)53-30-34-63-59(44-53)57-42-51(28-32-61(57)77(63)11-2)71(75-89-49(9)79)55-22-16-20-45(5)47(55)7/h14-34,41-45,47,70,74H,10-13,35-40H2,1-9H3/b75-71-. The van der Waals surface area contributed by atoms with Crippen LogP contribution in [0.4, 0.5) is 0 Å². The summed E-state index contributed by atoms with van der Waals surface area (Å²) in [5.41, 5.74) is 13.7. The smallest absolute Gasteiger partial charge is 0.332 e. The van der Waals surface area contributed by atoms with Crippen LogP contribution >= 0.6 is 0 Å². The molecule has 16 heteroatoms. The molecule has 10 rings (SSSR count). The number of carbonyl (C=O) groups is 4. The molecule has 0 amide bonds. The van der Waals surface area contributed by atoms with Crippen LogP contribution in [0, 0.1) is 18.8 Å². The number of benzene rings is 7. The van der Waals surface area contributed by atoms with E-state index >= 15 is 0 Å². The number of rotatable bonds is 28. The number of fused-ring (bicyclic) bond motifs is 6. The lowest BCUT2D eigenvalue weighted by atomic mass is 9.81. The first-order valence-electron chi connectivity index (χ1n) is 30.5. The van der Waals surface area contributed by atoms with Gasteiger partial charge in [-0.15, -0.1) is 5.48 Å². The van der Waals surface area contributed by atoms with Crippen LogP contribution in [0.25, 0.3) is 43.6 Å². The molecule has 2 heterocycles. The van der Waals surface area contributed by atoms with Crippen LogP contribution in [-0.4, -0.2) is 91.2 Å². The zero-order valence-electron chi connectivity index (χ0n) is 52.0. The molecule has 1 N–H and O–H groups in total. The van der Waals surface area contributed by atoms with Crippen molar-refractivity contribution in [3.05, 3.63) is 202 Å². The Bertz CT molecular complexity index is 4210. The first kappa shape index (κ1) is 62.7. The third-order valence-corrected chi connectivity index (χ3v) is 16.2. The van der Waals surface area contributed by atoms with Gasteiger partial charge in [-0.3, -0.25) is 14.4 Å². The monoisotopic (exact) mass is 1200 g/mol. The van der Waals surface area contributed by atoms with Crippen LogP contribution in [-0.2, 0) is 41.8 Å². The molecular weight excluding hydrogens is 1120 g/mol. The van der Waals surface area contributed by atoms with E-state index in [0.717, 1.165) is 71.4 Å². The van der Waals surface area contributed by atoms with Gasteiger partial charge in [-0.25, -0.2) is 4.79 Å².